The maximum atomic E-state index is 12.3. The van der Waals surface area contributed by atoms with E-state index < -0.39 is 11.7 Å². The molecule has 0 radical (unpaired) electrons. The van der Waals surface area contributed by atoms with Crippen molar-refractivity contribution in [3.8, 4) is 0 Å². The molecule has 1 aromatic rings. The molecule has 0 aliphatic carbocycles. The van der Waals surface area contributed by atoms with Gasteiger partial charge in [-0.25, -0.2) is 0 Å². The molecule has 2 aliphatic rings. The fourth-order valence-corrected chi connectivity index (χ4v) is 3.66. The molecular weight excluding hydrogens is 288 g/mol. The van der Waals surface area contributed by atoms with Gasteiger partial charge in [0.2, 0.25) is 0 Å². The highest BCUT2D eigenvalue weighted by Crippen LogP contribution is 2.30. The molecule has 0 aromatic heterocycles. The van der Waals surface area contributed by atoms with Crippen LogP contribution in [0.15, 0.2) is 18.2 Å². The lowest BCUT2D eigenvalue weighted by Crippen LogP contribution is -3.18. The van der Waals surface area contributed by atoms with Crippen molar-refractivity contribution in [2.45, 2.75) is 38.6 Å². The van der Waals surface area contributed by atoms with Gasteiger partial charge in [0.05, 0.1) is 23.8 Å². The Labute approximate surface area is 129 Å². The van der Waals surface area contributed by atoms with Crippen LogP contribution in [0.3, 0.4) is 0 Å². The number of amides is 1. The van der Waals surface area contributed by atoms with Crippen LogP contribution >= 0.6 is 11.6 Å². The summed E-state index contributed by atoms with van der Waals surface area (Å²) < 4.78 is 0. The summed E-state index contributed by atoms with van der Waals surface area (Å²) in [4.78, 5) is 27.4. The third-order valence-electron chi connectivity index (χ3n) is 4.67. The van der Waals surface area contributed by atoms with Crippen molar-refractivity contribution in [2.24, 2.45) is 0 Å². The summed E-state index contributed by atoms with van der Waals surface area (Å²) in [7, 11) is 0. The second kappa shape index (κ2) is 5.78. The summed E-state index contributed by atoms with van der Waals surface area (Å²) in [5, 5.41) is 0.494. The van der Waals surface area contributed by atoms with E-state index in [0.29, 0.717) is 29.0 Å². The molecule has 2 heterocycles. The van der Waals surface area contributed by atoms with Crippen LogP contribution in [0.1, 0.15) is 43.0 Å². The highest BCUT2D eigenvalue weighted by Gasteiger charge is 2.39. The molecule has 1 aromatic carbocycles. The van der Waals surface area contributed by atoms with E-state index in [1.54, 1.807) is 23.1 Å². The highest BCUT2D eigenvalue weighted by atomic mass is 35.5. The number of halogens is 1. The molecule has 1 unspecified atom stereocenters. The fraction of sp³-hybridized carbons (Fsp3) is 0.500. The van der Waals surface area contributed by atoms with Gasteiger partial charge >= 0.3 is 5.91 Å². The summed E-state index contributed by atoms with van der Waals surface area (Å²) in [5.41, 5.74) is 1.15. The molecule has 1 N–H and O–H groups in total. The predicted molar refractivity (Wildman–Crippen MR) is 81.9 cm³/mol. The van der Waals surface area contributed by atoms with Crippen LogP contribution in [0, 0.1) is 0 Å². The van der Waals surface area contributed by atoms with Gasteiger partial charge in [0.25, 0.3) is 5.78 Å². The first-order chi connectivity index (χ1) is 10.1. The van der Waals surface area contributed by atoms with Crippen molar-refractivity contribution in [3.63, 3.8) is 0 Å². The molecule has 1 saturated heterocycles. The molecule has 2 aliphatic heterocycles. The molecule has 0 saturated carbocycles. The second-order valence-corrected chi connectivity index (χ2v) is 6.33. The van der Waals surface area contributed by atoms with Gasteiger partial charge < -0.3 is 4.90 Å². The van der Waals surface area contributed by atoms with Crippen LogP contribution in [0.2, 0.25) is 5.02 Å². The Kier molecular flexibility index (Phi) is 4.00. The van der Waals surface area contributed by atoms with Crippen molar-refractivity contribution in [3.05, 3.63) is 28.8 Å². The van der Waals surface area contributed by atoms with Gasteiger partial charge in [-0.3, -0.25) is 14.5 Å². The average molecular weight is 308 g/mol. The van der Waals surface area contributed by atoms with Gasteiger partial charge in [-0.05, 0) is 43.9 Å². The van der Waals surface area contributed by atoms with E-state index >= 15 is 0 Å². The number of nitrogens with one attached hydrogen (secondary N) is 1. The van der Waals surface area contributed by atoms with Gasteiger partial charge in [-0.15, -0.1) is 0 Å². The van der Waals surface area contributed by atoms with E-state index in [9.17, 15) is 9.59 Å². The molecule has 3 rings (SSSR count). The lowest BCUT2D eigenvalue weighted by atomic mass is 10.0. The summed E-state index contributed by atoms with van der Waals surface area (Å²) in [5.74, 6) is -0.850. The second-order valence-electron chi connectivity index (χ2n) is 5.89. The Morgan fingerprint density at radius 2 is 2.14 bits per heavy atom. The Morgan fingerprint density at radius 3 is 2.90 bits per heavy atom. The van der Waals surface area contributed by atoms with Crippen LogP contribution in [0.4, 0.5) is 5.69 Å². The molecule has 21 heavy (non-hydrogen) atoms. The first-order valence-electron chi connectivity index (χ1n) is 7.62. The van der Waals surface area contributed by atoms with Gasteiger partial charge in [0.15, 0.2) is 6.67 Å². The van der Waals surface area contributed by atoms with Crippen LogP contribution < -0.4 is 9.80 Å². The lowest BCUT2D eigenvalue weighted by molar-refractivity contribution is -0.929. The van der Waals surface area contributed by atoms with E-state index in [4.69, 9.17) is 11.6 Å². The van der Waals surface area contributed by atoms with Crippen molar-refractivity contribution >= 4 is 29.0 Å². The molecule has 112 valence electrons. The number of ketones is 1. The summed E-state index contributed by atoms with van der Waals surface area (Å²) in [6.45, 7) is 3.85. The minimum absolute atomic E-state index is 0.416. The predicted octanol–water partition coefficient (Wildman–Crippen LogP) is 1.67. The number of carbonyl (C=O) groups excluding carboxylic acids is 2. The zero-order chi connectivity index (χ0) is 15.0. The first kappa shape index (κ1) is 14.5. The number of hydrogen-bond acceptors (Lipinski definition) is 2. The summed E-state index contributed by atoms with van der Waals surface area (Å²) in [6.07, 6.45) is 4.77. The topological polar surface area (TPSA) is 41.8 Å². The van der Waals surface area contributed by atoms with E-state index in [-0.39, 0.29) is 0 Å². The monoisotopic (exact) mass is 307 g/mol. The zero-order valence-electron chi connectivity index (χ0n) is 12.2. The maximum absolute atomic E-state index is 12.3. The number of Topliss-reactive ketones (excluding diaryl/α,β-unsaturated/α-hetero) is 1. The van der Waals surface area contributed by atoms with E-state index in [2.05, 4.69) is 6.92 Å². The van der Waals surface area contributed by atoms with Crippen LogP contribution in [0.5, 0.6) is 0 Å². The largest absolute Gasteiger partial charge is 0.315 e. The lowest BCUT2D eigenvalue weighted by Gasteiger charge is -2.34. The smallest absolute Gasteiger partial charge is 0.303 e. The minimum Gasteiger partial charge on any atom is -0.315 e. The maximum Gasteiger partial charge on any atom is 0.303 e. The number of hydrogen-bond donors (Lipinski definition) is 1. The van der Waals surface area contributed by atoms with Crippen LogP contribution in [-0.2, 0) is 4.79 Å². The third-order valence-corrected chi connectivity index (χ3v) is 4.90. The summed E-state index contributed by atoms with van der Waals surface area (Å²) >= 11 is 5.93. The number of fused-ring (bicyclic) bond motifs is 1. The SMILES string of the molecule is CC[C@H]1CCCC[NH+]1CN1C(=O)C(=O)c2cc(Cl)ccc21. The first-order valence-corrected chi connectivity index (χ1v) is 8.00. The normalized spacial score (nSPS) is 25.3. The number of likely N-dealkylation sites (tertiary alicyclic amines) is 1. The standard InChI is InChI=1S/C16H19ClN2O2/c1-2-12-5-3-4-8-18(12)10-19-14-7-6-11(17)9-13(14)15(20)16(19)21/h6-7,9,12H,2-5,8,10H2,1H3/p+1/t12-/m0/s1. The highest BCUT2D eigenvalue weighted by molar-refractivity contribution is 6.52. The number of anilines is 1. The molecule has 0 bridgehead atoms. The zero-order valence-corrected chi connectivity index (χ0v) is 12.9. The quantitative estimate of drug-likeness (QED) is 0.863. The molecular formula is C16H20ClN2O2+. The Hall–Kier alpha value is -1.39. The molecule has 2 atom stereocenters. The number of rotatable bonds is 3. The number of quaternary nitrogens is 1. The molecule has 4 nitrogen and oxygen atoms in total. The van der Waals surface area contributed by atoms with E-state index in [0.717, 1.165) is 13.0 Å². The van der Waals surface area contributed by atoms with Gasteiger partial charge in [0, 0.05) is 5.02 Å². The molecule has 5 heteroatoms. The van der Waals surface area contributed by atoms with Crippen molar-refractivity contribution in [2.75, 3.05) is 18.1 Å². The van der Waals surface area contributed by atoms with E-state index in [1.165, 1.54) is 24.2 Å². The van der Waals surface area contributed by atoms with Crippen LogP contribution in [0.25, 0.3) is 0 Å². The Morgan fingerprint density at radius 1 is 1.33 bits per heavy atom. The number of carbonyl (C=O) groups is 2. The number of benzene rings is 1. The van der Waals surface area contributed by atoms with Crippen molar-refractivity contribution < 1.29 is 14.5 Å². The fourth-order valence-electron chi connectivity index (χ4n) is 3.48. The number of nitrogens with zero attached hydrogens (tertiary/aromatic N) is 1. The average Bonchev–Trinajstić information content (AvgIpc) is 2.73. The van der Waals surface area contributed by atoms with Gasteiger partial charge in [0.1, 0.15) is 0 Å². The van der Waals surface area contributed by atoms with Crippen molar-refractivity contribution in [1.82, 2.24) is 0 Å². The van der Waals surface area contributed by atoms with E-state index in [1.807, 2.05) is 0 Å². The van der Waals surface area contributed by atoms with Crippen LogP contribution in [-0.4, -0.2) is 30.9 Å². The molecule has 1 fully saturated rings. The molecule has 0 spiro atoms. The minimum atomic E-state index is -0.433. The summed E-state index contributed by atoms with van der Waals surface area (Å²) in [6, 6.07) is 5.70. The number of piperidine rings is 1. The molecule has 1 amide bonds. The van der Waals surface area contributed by atoms with Gasteiger partial charge in [-0.1, -0.05) is 18.5 Å². The Bertz CT molecular complexity index is 588. The Balaban J connectivity index is 1.86. The van der Waals surface area contributed by atoms with Gasteiger partial charge in [-0.2, -0.15) is 0 Å². The third kappa shape index (κ3) is 2.58. The van der Waals surface area contributed by atoms with Crippen molar-refractivity contribution in [1.29, 1.82) is 0 Å².